The first-order valence-corrected chi connectivity index (χ1v) is 8.23. The van der Waals surface area contributed by atoms with Crippen molar-refractivity contribution in [2.24, 2.45) is 0 Å². The van der Waals surface area contributed by atoms with Gasteiger partial charge in [-0.15, -0.1) is 0 Å². The summed E-state index contributed by atoms with van der Waals surface area (Å²) in [5, 5.41) is 17.5. The third kappa shape index (κ3) is 4.54. The van der Waals surface area contributed by atoms with Crippen molar-refractivity contribution in [1.82, 2.24) is 20.0 Å². The number of aromatic nitrogens is 2. The third-order valence-electron chi connectivity index (χ3n) is 4.25. The van der Waals surface area contributed by atoms with Gasteiger partial charge in [0, 0.05) is 39.3 Å². The number of β-amino-alcohol motifs (C(OH)–C–C–N with tert-alkyl or cyclic N) is 1. The Balaban J connectivity index is 1.98. The fourth-order valence-electron chi connectivity index (χ4n) is 2.95. The molecule has 2 heterocycles. The molecule has 0 saturated carbocycles. The molecule has 1 aromatic rings. The molecule has 2 rings (SSSR count). The van der Waals surface area contributed by atoms with Gasteiger partial charge in [-0.3, -0.25) is 14.3 Å². The van der Waals surface area contributed by atoms with Gasteiger partial charge in [0.25, 0.3) is 5.91 Å². The molecule has 1 aromatic heterocycles. The van der Waals surface area contributed by atoms with E-state index >= 15 is 0 Å². The summed E-state index contributed by atoms with van der Waals surface area (Å²) in [5.41, 5.74) is -0.583. The second-order valence-corrected chi connectivity index (χ2v) is 6.19. The van der Waals surface area contributed by atoms with Crippen LogP contribution in [0.2, 0.25) is 0 Å². The fraction of sp³-hybridized carbons (Fsp3) is 0.688. The van der Waals surface area contributed by atoms with Gasteiger partial charge in [0.15, 0.2) is 0 Å². The number of amides is 2. The first-order chi connectivity index (χ1) is 11.0. The van der Waals surface area contributed by atoms with Crippen molar-refractivity contribution in [1.29, 1.82) is 0 Å². The Morgan fingerprint density at radius 3 is 2.96 bits per heavy atom. The molecule has 1 atom stereocenters. The Hall–Kier alpha value is -1.89. The molecule has 7 nitrogen and oxygen atoms in total. The van der Waals surface area contributed by atoms with E-state index in [4.69, 9.17) is 0 Å². The number of hydrogen-bond acceptors (Lipinski definition) is 4. The lowest BCUT2D eigenvalue weighted by Crippen LogP contribution is -2.50. The zero-order valence-electron chi connectivity index (χ0n) is 13.9. The van der Waals surface area contributed by atoms with E-state index in [2.05, 4.69) is 17.3 Å². The van der Waals surface area contributed by atoms with Crippen molar-refractivity contribution in [3.63, 3.8) is 0 Å². The summed E-state index contributed by atoms with van der Waals surface area (Å²) in [5.74, 6) is -0.252. The second-order valence-electron chi connectivity index (χ2n) is 6.19. The molecule has 1 fully saturated rings. The first kappa shape index (κ1) is 17.5. The molecular weight excluding hydrogens is 296 g/mol. The van der Waals surface area contributed by atoms with Gasteiger partial charge in [0.05, 0.1) is 5.60 Å². The number of hydrogen-bond donors (Lipinski definition) is 2. The quantitative estimate of drug-likeness (QED) is 0.810. The van der Waals surface area contributed by atoms with Crippen molar-refractivity contribution in [2.75, 3.05) is 20.1 Å². The number of aliphatic hydroxyl groups is 1. The zero-order valence-corrected chi connectivity index (χ0v) is 13.9. The van der Waals surface area contributed by atoms with Crippen LogP contribution in [0.25, 0.3) is 0 Å². The fourth-order valence-corrected chi connectivity index (χ4v) is 2.95. The Morgan fingerprint density at radius 1 is 1.48 bits per heavy atom. The molecule has 1 aliphatic heterocycles. The average Bonchev–Trinajstić information content (AvgIpc) is 3.01. The first-order valence-electron chi connectivity index (χ1n) is 8.23. The maximum absolute atomic E-state index is 12.6. The largest absolute Gasteiger partial charge is 0.388 e. The monoisotopic (exact) mass is 322 g/mol. The van der Waals surface area contributed by atoms with Crippen LogP contribution in [0.4, 0.5) is 0 Å². The Kier molecular flexibility index (Phi) is 5.76. The third-order valence-corrected chi connectivity index (χ3v) is 4.25. The minimum absolute atomic E-state index is 0.0971. The molecule has 2 amide bonds. The molecule has 0 bridgehead atoms. The molecule has 128 valence electrons. The van der Waals surface area contributed by atoms with E-state index in [-0.39, 0.29) is 24.8 Å². The summed E-state index contributed by atoms with van der Waals surface area (Å²) >= 11 is 0. The minimum atomic E-state index is -0.994. The number of piperidine rings is 1. The van der Waals surface area contributed by atoms with Gasteiger partial charge in [0.2, 0.25) is 5.91 Å². The molecule has 23 heavy (non-hydrogen) atoms. The number of likely N-dealkylation sites (tertiary alicyclic amines) is 1. The van der Waals surface area contributed by atoms with E-state index in [0.717, 1.165) is 19.4 Å². The summed E-state index contributed by atoms with van der Waals surface area (Å²) in [4.78, 5) is 25.6. The second kappa shape index (κ2) is 7.59. The highest BCUT2D eigenvalue weighted by Gasteiger charge is 2.36. The average molecular weight is 322 g/mol. The van der Waals surface area contributed by atoms with Crippen LogP contribution in [0.1, 0.15) is 49.5 Å². The summed E-state index contributed by atoms with van der Waals surface area (Å²) in [7, 11) is 1.58. The molecule has 0 radical (unpaired) electrons. The number of nitrogens with one attached hydrogen (secondary N) is 1. The van der Waals surface area contributed by atoms with Gasteiger partial charge in [-0.1, -0.05) is 6.92 Å². The highest BCUT2D eigenvalue weighted by atomic mass is 16.3. The van der Waals surface area contributed by atoms with Gasteiger partial charge < -0.3 is 15.3 Å². The van der Waals surface area contributed by atoms with Crippen LogP contribution in [0.3, 0.4) is 0 Å². The lowest BCUT2D eigenvalue weighted by Gasteiger charge is -2.39. The molecule has 1 aliphatic rings. The molecular formula is C16H26N4O3. The summed E-state index contributed by atoms with van der Waals surface area (Å²) in [6.45, 7) is 3.70. The Labute approximate surface area is 136 Å². The smallest absolute Gasteiger partial charge is 0.274 e. The number of nitrogens with zero attached hydrogens (tertiary/aromatic N) is 3. The maximum Gasteiger partial charge on any atom is 0.274 e. The lowest BCUT2D eigenvalue weighted by molar-refractivity contribution is -0.122. The molecule has 0 aliphatic carbocycles. The van der Waals surface area contributed by atoms with E-state index in [1.807, 2.05) is 0 Å². The molecule has 7 heteroatoms. The van der Waals surface area contributed by atoms with Gasteiger partial charge in [-0.25, -0.2) is 0 Å². The molecule has 0 unspecified atom stereocenters. The Morgan fingerprint density at radius 2 is 2.26 bits per heavy atom. The van der Waals surface area contributed by atoms with Gasteiger partial charge >= 0.3 is 0 Å². The minimum Gasteiger partial charge on any atom is -0.388 e. The van der Waals surface area contributed by atoms with Gasteiger partial charge in [0.1, 0.15) is 5.69 Å². The van der Waals surface area contributed by atoms with Crippen molar-refractivity contribution in [3.8, 4) is 0 Å². The lowest BCUT2D eigenvalue weighted by atomic mass is 9.88. The standard InChI is InChI=1S/C16H26N4O3/c1-3-9-20-11-6-13(18-20)15(22)19-10-4-7-16(23,12-19)8-5-14(21)17-2/h6,11,23H,3-5,7-10,12H2,1-2H3,(H,17,21)/t16-/m0/s1. The predicted molar refractivity (Wildman–Crippen MR) is 85.9 cm³/mol. The highest BCUT2D eigenvalue weighted by molar-refractivity contribution is 5.92. The van der Waals surface area contributed by atoms with E-state index in [9.17, 15) is 14.7 Å². The van der Waals surface area contributed by atoms with Crippen LogP contribution in [0, 0.1) is 0 Å². The van der Waals surface area contributed by atoms with E-state index < -0.39 is 5.60 Å². The summed E-state index contributed by atoms with van der Waals surface area (Å²) < 4.78 is 1.76. The van der Waals surface area contributed by atoms with Crippen LogP contribution in [-0.2, 0) is 11.3 Å². The zero-order chi connectivity index (χ0) is 16.9. The highest BCUT2D eigenvalue weighted by Crippen LogP contribution is 2.26. The van der Waals surface area contributed by atoms with Crippen LogP contribution < -0.4 is 5.32 Å². The predicted octanol–water partition coefficient (Wildman–Crippen LogP) is 0.786. The van der Waals surface area contributed by atoms with Crippen molar-refractivity contribution < 1.29 is 14.7 Å². The Bertz CT molecular complexity index is 557. The summed E-state index contributed by atoms with van der Waals surface area (Å²) in [6.07, 6.45) is 4.72. The van der Waals surface area contributed by atoms with Crippen LogP contribution in [-0.4, -0.2) is 57.3 Å². The molecule has 2 N–H and O–H groups in total. The maximum atomic E-state index is 12.6. The van der Waals surface area contributed by atoms with Crippen molar-refractivity contribution >= 4 is 11.8 Å². The van der Waals surface area contributed by atoms with E-state index in [1.54, 1.807) is 28.9 Å². The van der Waals surface area contributed by atoms with Crippen molar-refractivity contribution in [2.45, 2.75) is 51.2 Å². The molecule has 1 saturated heterocycles. The topological polar surface area (TPSA) is 87.5 Å². The number of rotatable bonds is 6. The van der Waals surface area contributed by atoms with E-state index in [0.29, 0.717) is 25.1 Å². The number of aryl methyl sites for hydroxylation is 1. The van der Waals surface area contributed by atoms with Crippen LogP contribution in [0.15, 0.2) is 12.3 Å². The van der Waals surface area contributed by atoms with E-state index in [1.165, 1.54) is 0 Å². The van der Waals surface area contributed by atoms with Crippen molar-refractivity contribution in [3.05, 3.63) is 18.0 Å². The number of carbonyl (C=O) groups is 2. The van der Waals surface area contributed by atoms with Crippen LogP contribution >= 0.6 is 0 Å². The number of carbonyl (C=O) groups excluding carboxylic acids is 2. The van der Waals surface area contributed by atoms with Crippen LogP contribution in [0.5, 0.6) is 0 Å². The SMILES string of the molecule is CCCn1ccc(C(=O)N2CCC[C@](O)(CCC(=O)NC)C2)n1. The normalized spacial score (nSPS) is 21.3. The molecule has 0 spiro atoms. The molecule has 0 aromatic carbocycles. The van der Waals surface area contributed by atoms with Gasteiger partial charge in [-0.05, 0) is 31.7 Å². The van der Waals surface area contributed by atoms with Gasteiger partial charge in [-0.2, -0.15) is 5.10 Å². The summed E-state index contributed by atoms with van der Waals surface area (Å²) in [6, 6.07) is 1.72.